The van der Waals surface area contributed by atoms with Gasteiger partial charge in [-0.3, -0.25) is 4.79 Å². The highest BCUT2D eigenvalue weighted by Gasteiger charge is 2.31. The molecule has 0 atom stereocenters. The Morgan fingerprint density at radius 2 is 1.95 bits per heavy atom. The SMILES string of the molecule is CCOC(=O)Cc1ccc(OC(F)(F)F)cc1C(F)F. The quantitative estimate of drug-likeness (QED) is 0.615. The van der Waals surface area contributed by atoms with Crippen molar-refractivity contribution in [3.8, 4) is 5.75 Å². The van der Waals surface area contributed by atoms with E-state index in [-0.39, 0.29) is 12.2 Å². The summed E-state index contributed by atoms with van der Waals surface area (Å²) < 4.78 is 69.7. The van der Waals surface area contributed by atoms with Crippen molar-refractivity contribution in [2.75, 3.05) is 6.61 Å². The van der Waals surface area contributed by atoms with Gasteiger partial charge in [0.1, 0.15) is 5.75 Å². The van der Waals surface area contributed by atoms with Crippen LogP contribution in [-0.4, -0.2) is 18.9 Å². The van der Waals surface area contributed by atoms with E-state index in [1.807, 2.05) is 0 Å². The van der Waals surface area contributed by atoms with Gasteiger partial charge in [0.05, 0.1) is 13.0 Å². The minimum atomic E-state index is -4.97. The molecule has 0 N–H and O–H groups in total. The first-order valence-electron chi connectivity index (χ1n) is 5.55. The molecule has 0 amide bonds. The van der Waals surface area contributed by atoms with Crippen LogP contribution in [0.1, 0.15) is 24.5 Å². The minimum Gasteiger partial charge on any atom is -0.466 e. The number of halogens is 5. The fourth-order valence-corrected chi connectivity index (χ4v) is 1.50. The molecule has 0 saturated heterocycles. The van der Waals surface area contributed by atoms with E-state index in [2.05, 4.69) is 9.47 Å². The first-order chi connectivity index (χ1) is 9.23. The first-order valence-corrected chi connectivity index (χ1v) is 5.55. The first kappa shape index (κ1) is 16.2. The highest BCUT2D eigenvalue weighted by molar-refractivity contribution is 5.73. The Balaban J connectivity index is 2.99. The van der Waals surface area contributed by atoms with Gasteiger partial charge in [-0.1, -0.05) is 6.07 Å². The van der Waals surface area contributed by atoms with Gasteiger partial charge in [-0.2, -0.15) is 0 Å². The summed E-state index contributed by atoms with van der Waals surface area (Å²) in [5.74, 6) is -1.50. The molecule has 112 valence electrons. The molecule has 3 nitrogen and oxygen atoms in total. The van der Waals surface area contributed by atoms with Crippen LogP contribution in [0.5, 0.6) is 5.75 Å². The summed E-state index contributed by atoms with van der Waals surface area (Å²) in [5, 5.41) is 0. The van der Waals surface area contributed by atoms with Gasteiger partial charge in [0.15, 0.2) is 0 Å². The summed E-state index contributed by atoms with van der Waals surface area (Å²) in [6, 6.07) is 2.42. The van der Waals surface area contributed by atoms with E-state index in [0.717, 1.165) is 12.1 Å². The molecule has 0 radical (unpaired) electrons. The lowest BCUT2D eigenvalue weighted by Gasteiger charge is -2.13. The number of hydrogen-bond acceptors (Lipinski definition) is 3. The largest absolute Gasteiger partial charge is 0.573 e. The molecule has 0 aliphatic carbocycles. The topological polar surface area (TPSA) is 35.5 Å². The predicted octanol–water partition coefficient (Wildman–Crippen LogP) is 3.63. The van der Waals surface area contributed by atoms with Crippen molar-refractivity contribution in [3.63, 3.8) is 0 Å². The zero-order chi connectivity index (χ0) is 15.3. The Labute approximate surface area is 111 Å². The van der Waals surface area contributed by atoms with Crippen molar-refractivity contribution < 1.29 is 36.2 Å². The molecule has 20 heavy (non-hydrogen) atoms. The van der Waals surface area contributed by atoms with Gasteiger partial charge in [-0.25, -0.2) is 8.78 Å². The van der Waals surface area contributed by atoms with E-state index >= 15 is 0 Å². The van der Waals surface area contributed by atoms with Crippen LogP contribution < -0.4 is 4.74 Å². The van der Waals surface area contributed by atoms with Crippen molar-refractivity contribution in [3.05, 3.63) is 29.3 Å². The summed E-state index contributed by atoms with van der Waals surface area (Å²) in [7, 11) is 0. The lowest BCUT2D eigenvalue weighted by atomic mass is 10.0. The van der Waals surface area contributed by atoms with Crippen LogP contribution in [0.2, 0.25) is 0 Å². The van der Waals surface area contributed by atoms with Crippen LogP contribution in [0.15, 0.2) is 18.2 Å². The fourth-order valence-electron chi connectivity index (χ4n) is 1.50. The normalized spacial score (nSPS) is 11.6. The van der Waals surface area contributed by atoms with Crippen molar-refractivity contribution in [1.82, 2.24) is 0 Å². The van der Waals surface area contributed by atoms with E-state index < -0.39 is 36.5 Å². The van der Waals surface area contributed by atoms with Crippen molar-refractivity contribution in [2.45, 2.75) is 26.1 Å². The van der Waals surface area contributed by atoms with Gasteiger partial charge in [0.25, 0.3) is 6.43 Å². The summed E-state index contributed by atoms with van der Waals surface area (Å²) >= 11 is 0. The van der Waals surface area contributed by atoms with Crippen molar-refractivity contribution >= 4 is 5.97 Å². The summed E-state index contributed by atoms with van der Waals surface area (Å²) in [4.78, 5) is 11.2. The van der Waals surface area contributed by atoms with E-state index in [1.54, 1.807) is 6.92 Å². The van der Waals surface area contributed by atoms with Crippen LogP contribution in [0, 0.1) is 0 Å². The molecular weight excluding hydrogens is 287 g/mol. The number of benzene rings is 1. The number of rotatable bonds is 5. The Bertz CT molecular complexity index is 471. The smallest absolute Gasteiger partial charge is 0.466 e. The van der Waals surface area contributed by atoms with Gasteiger partial charge in [0.2, 0.25) is 0 Å². The number of carbonyl (C=O) groups is 1. The standard InChI is InChI=1S/C12H11F5O3/c1-2-19-10(18)5-7-3-4-8(20-12(15,16)17)6-9(7)11(13)14/h3-4,6,11H,2,5H2,1H3. The van der Waals surface area contributed by atoms with Crippen LogP contribution in [-0.2, 0) is 16.0 Å². The van der Waals surface area contributed by atoms with Gasteiger partial charge in [-0.05, 0) is 24.6 Å². The van der Waals surface area contributed by atoms with Gasteiger partial charge in [0, 0.05) is 5.56 Å². The van der Waals surface area contributed by atoms with Gasteiger partial charge in [-0.15, -0.1) is 13.2 Å². The lowest BCUT2D eigenvalue weighted by Crippen LogP contribution is -2.17. The highest BCUT2D eigenvalue weighted by Crippen LogP contribution is 2.30. The van der Waals surface area contributed by atoms with Crippen LogP contribution in [0.4, 0.5) is 22.0 Å². The third-order valence-corrected chi connectivity index (χ3v) is 2.23. The number of carbonyl (C=O) groups excluding carboxylic acids is 1. The van der Waals surface area contributed by atoms with E-state index in [9.17, 15) is 26.7 Å². The third-order valence-electron chi connectivity index (χ3n) is 2.23. The van der Waals surface area contributed by atoms with Crippen LogP contribution >= 0.6 is 0 Å². The highest BCUT2D eigenvalue weighted by atomic mass is 19.4. The second kappa shape index (κ2) is 6.53. The summed E-state index contributed by atoms with van der Waals surface area (Å²) in [5.41, 5.74) is -0.798. The zero-order valence-corrected chi connectivity index (χ0v) is 10.3. The van der Waals surface area contributed by atoms with Crippen LogP contribution in [0.25, 0.3) is 0 Å². The molecule has 1 aromatic carbocycles. The van der Waals surface area contributed by atoms with Crippen LogP contribution in [0.3, 0.4) is 0 Å². The number of hydrogen-bond donors (Lipinski definition) is 0. The molecule has 1 aromatic rings. The zero-order valence-electron chi connectivity index (χ0n) is 10.3. The van der Waals surface area contributed by atoms with Crippen molar-refractivity contribution in [1.29, 1.82) is 0 Å². The molecule has 0 spiro atoms. The third kappa shape index (κ3) is 5.02. The molecule has 0 fully saturated rings. The molecule has 0 unspecified atom stereocenters. The van der Waals surface area contributed by atoms with E-state index in [1.165, 1.54) is 0 Å². The molecule has 8 heteroatoms. The summed E-state index contributed by atoms with van der Waals surface area (Å²) in [6.07, 6.45) is -8.45. The number of esters is 1. The molecule has 0 aromatic heterocycles. The average molecular weight is 298 g/mol. The Morgan fingerprint density at radius 1 is 1.30 bits per heavy atom. The fraction of sp³-hybridized carbons (Fsp3) is 0.417. The molecule has 0 bridgehead atoms. The maximum absolute atomic E-state index is 12.8. The van der Waals surface area contributed by atoms with Gasteiger partial charge >= 0.3 is 12.3 Å². The number of ether oxygens (including phenoxy) is 2. The maximum Gasteiger partial charge on any atom is 0.573 e. The molecular formula is C12H11F5O3. The molecule has 0 aliphatic heterocycles. The molecule has 0 heterocycles. The van der Waals surface area contributed by atoms with E-state index in [4.69, 9.17) is 0 Å². The Kier molecular flexibility index (Phi) is 5.29. The van der Waals surface area contributed by atoms with Gasteiger partial charge < -0.3 is 9.47 Å². The summed E-state index contributed by atoms with van der Waals surface area (Å²) in [6.45, 7) is 1.63. The number of alkyl halides is 5. The monoisotopic (exact) mass is 298 g/mol. The molecule has 1 rings (SSSR count). The maximum atomic E-state index is 12.8. The predicted molar refractivity (Wildman–Crippen MR) is 58.4 cm³/mol. The Hall–Kier alpha value is -1.86. The lowest BCUT2D eigenvalue weighted by molar-refractivity contribution is -0.274. The molecule has 0 saturated carbocycles. The molecule has 0 aliphatic rings. The Morgan fingerprint density at radius 3 is 2.45 bits per heavy atom. The average Bonchev–Trinajstić information content (AvgIpc) is 2.29. The van der Waals surface area contributed by atoms with E-state index in [0.29, 0.717) is 6.07 Å². The van der Waals surface area contributed by atoms with Crippen molar-refractivity contribution in [2.24, 2.45) is 0 Å². The second-order valence-electron chi connectivity index (χ2n) is 3.69. The second-order valence-corrected chi connectivity index (χ2v) is 3.69. The minimum absolute atomic E-state index is 0.0815.